The Morgan fingerprint density at radius 2 is 1.87 bits per heavy atom. The van der Waals surface area contributed by atoms with Crippen molar-refractivity contribution in [3.8, 4) is 0 Å². The van der Waals surface area contributed by atoms with E-state index >= 15 is 0 Å². The van der Waals surface area contributed by atoms with Crippen molar-refractivity contribution in [2.24, 2.45) is 11.5 Å². The van der Waals surface area contributed by atoms with Gasteiger partial charge in [0, 0.05) is 6.04 Å². The fourth-order valence-electron chi connectivity index (χ4n) is 1.21. The summed E-state index contributed by atoms with van der Waals surface area (Å²) in [6.07, 6.45) is -0.847. The fraction of sp³-hybridized carbons (Fsp3) is 0.300. The minimum absolute atomic E-state index is 0. The van der Waals surface area contributed by atoms with Crippen molar-refractivity contribution in [2.75, 3.05) is 0 Å². The highest BCUT2D eigenvalue weighted by Crippen LogP contribution is 2.04. The van der Waals surface area contributed by atoms with Crippen LogP contribution in [0.5, 0.6) is 0 Å². The van der Waals surface area contributed by atoms with Gasteiger partial charge in [-0.3, -0.25) is 4.79 Å². The molecule has 1 aromatic rings. The van der Waals surface area contributed by atoms with Crippen molar-refractivity contribution >= 4 is 18.3 Å². The minimum atomic E-state index is -1.28. The summed E-state index contributed by atoms with van der Waals surface area (Å²) >= 11 is 0. The zero-order valence-electron chi connectivity index (χ0n) is 8.17. The second-order valence-corrected chi connectivity index (χ2v) is 3.20. The van der Waals surface area contributed by atoms with Crippen LogP contribution in [0.3, 0.4) is 0 Å². The number of aliphatic hydroxyl groups excluding tert-OH is 1. The number of amides is 1. The Kier molecular flexibility index (Phi) is 5.93. The molecule has 15 heavy (non-hydrogen) atoms. The van der Waals surface area contributed by atoms with Gasteiger partial charge in [0.15, 0.2) is 0 Å². The number of carbonyl (C=O) groups is 1. The first-order valence-corrected chi connectivity index (χ1v) is 4.38. The van der Waals surface area contributed by atoms with Crippen LogP contribution in [-0.4, -0.2) is 23.2 Å². The van der Waals surface area contributed by atoms with Gasteiger partial charge in [-0.1, -0.05) is 30.3 Å². The predicted octanol–water partition coefficient (Wildman–Crippen LogP) is -0.176. The van der Waals surface area contributed by atoms with Crippen molar-refractivity contribution in [2.45, 2.75) is 18.6 Å². The maximum Gasteiger partial charge on any atom is 0.247 e. The molecule has 5 heteroatoms. The molecule has 0 spiro atoms. The van der Waals surface area contributed by atoms with Gasteiger partial charge in [-0.25, -0.2) is 0 Å². The van der Waals surface area contributed by atoms with E-state index in [1.807, 2.05) is 30.3 Å². The number of aliphatic hydroxyl groups is 1. The third-order valence-corrected chi connectivity index (χ3v) is 2.01. The van der Waals surface area contributed by atoms with E-state index in [9.17, 15) is 9.90 Å². The topological polar surface area (TPSA) is 89.3 Å². The average molecular weight is 231 g/mol. The molecule has 0 aliphatic heterocycles. The van der Waals surface area contributed by atoms with Gasteiger partial charge >= 0.3 is 0 Å². The zero-order chi connectivity index (χ0) is 10.6. The number of hydrogen-bond donors (Lipinski definition) is 3. The summed E-state index contributed by atoms with van der Waals surface area (Å²) in [5.74, 6) is -0.784. The summed E-state index contributed by atoms with van der Waals surface area (Å²) in [4.78, 5) is 10.6. The molecule has 0 heterocycles. The summed E-state index contributed by atoms with van der Waals surface area (Å²) in [6, 6.07) is 8.76. The van der Waals surface area contributed by atoms with Gasteiger partial charge < -0.3 is 16.6 Å². The predicted molar refractivity (Wildman–Crippen MR) is 60.6 cm³/mol. The molecule has 5 N–H and O–H groups in total. The molecule has 0 unspecified atom stereocenters. The first-order chi connectivity index (χ1) is 6.61. The molecule has 1 rings (SSSR count). The fourth-order valence-corrected chi connectivity index (χ4v) is 1.21. The minimum Gasteiger partial charge on any atom is -0.382 e. The first-order valence-electron chi connectivity index (χ1n) is 4.38. The Morgan fingerprint density at radius 3 is 2.33 bits per heavy atom. The summed E-state index contributed by atoms with van der Waals surface area (Å²) < 4.78 is 0. The number of rotatable bonds is 4. The van der Waals surface area contributed by atoms with Crippen molar-refractivity contribution in [3.63, 3.8) is 0 Å². The van der Waals surface area contributed by atoms with Gasteiger partial charge in [-0.05, 0) is 12.0 Å². The van der Waals surface area contributed by atoms with Crippen LogP contribution in [-0.2, 0) is 11.2 Å². The van der Waals surface area contributed by atoms with Crippen molar-refractivity contribution < 1.29 is 9.90 Å². The Labute approximate surface area is 94.7 Å². The van der Waals surface area contributed by atoms with Crippen LogP contribution in [0.2, 0.25) is 0 Å². The van der Waals surface area contributed by atoms with E-state index < -0.39 is 18.1 Å². The van der Waals surface area contributed by atoms with E-state index in [-0.39, 0.29) is 12.4 Å². The second-order valence-electron chi connectivity index (χ2n) is 3.20. The van der Waals surface area contributed by atoms with Gasteiger partial charge in [-0.15, -0.1) is 12.4 Å². The van der Waals surface area contributed by atoms with E-state index in [1.54, 1.807) is 0 Å². The molecule has 2 atom stereocenters. The molecule has 1 amide bonds. The number of hydrogen-bond acceptors (Lipinski definition) is 3. The lowest BCUT2D eigenvalue weighted by molar-refractivity contribution is -0.126. The van der Waals surface area contributed by atoms with Crippen LogP contribution in [0.4, 0.5) is 0 Å². The second kappa shape index (κ2) is 6.40. The largest absolute Gasteiger partial charge is 0.382 e. The average Bonchev–Trinajstić information content (AvgIpc) is 2.18. The molecule has 4 nitrogen and oxygen atoms in total. The molecular weight excluding hydrogens is 216 g/mol. The number of carbonyl (C=O) groups excluding carboxylic acids is 1. The smallest absolute Gasteiger partial charge is 0.247 e. The van der Waals surface area contributed by atoms with Gasteiger partial charge in [0.25, 0.3) is 0 Å². The molecule has 0 saturated heterocycles. The molecular formula is C10H15ClN2O2. The number of primary amides is 1. The van der Waals surface area contributed by atoms with Crippen molar-refractivity contribution in [3.05, 3.63) is 35.9 Å². The van der Waals surface area contributed by atoms with Gasteiger partial charge in [0.1, 0.15) is 6.10 Å². The maximum absolute atomic E-state index is 10.6. The van der Waals surface area contributed by atoms with E-state index in [2.05, 4.69) is 0 Å². The molecule has 0 bridgehead atoms. The Bertz CT molecular complexity index is 306. The lowest BCUT2D eigenvalue weighted by Crippen LogP contribution is -2.45. The highest BCUT2D eigenvalue weighted by atomic mass is 35.5. The summed E-state index contributed by atoms with van der Waals surface area (Å²) in [5, 5.41) is 9.26. The van der Waals surface area contributed by atoms with Crippen LogP contribution in [0, 0.1) is 0 Å². The van der Waals surface area contributed by atoms with E-state index in [0.29, 0.717) is 6.42 Å². The summed E-state index contributed by atoms with van der Waals surface area (Å²) in [5.41, 5.74) is 11.5. The molecule has 84 valence electrons. The summed E-state index contributed by atoms with van der Waals surface area (Å²) in [7, 11) is 0. The lowest BCUT2D eigenvalue weighted by atomic mass is 10.0. The van der Waals surface area contributed by atoms with Crippen LogP contribution < -0.4 is 11.5 Å². The molecule has 0 fully saturated rings. The summed E-state index contributed by atoms with van der Waals surface area (Å²) in [6.45, 7) is 0. The van der Waals surface area contributed by atoms with Crippen LogP contribution in [0.1, 0.15) is 5.56 Å². The molecule has 0 saturated carbocycles. The Hall–Kier alpha value is -1.10. The monoisotopic (exact) mass is 230 g/mol. The quantitative estimate of drug-likeness (QED) is 0.671. The molecule has 0 aliphatic rings. The van der Waals surface area contributed by atoms with E-state index in [4.69, 9.17) is 11.5 Å². The zero-order valence-corrected chi connectivity index (χ0v) is 8.98. The van der Waals surface area contributed by atoms with E-state index in [0.717, 1.165) is 5.56 Å². The Morgan fingerprint density at radius 1 is 1.33 bits per heavy atom. The SMILES string of the molecule is Cl.NC(=O)[C@@H](O)[C@@H](N)Cc1ccccc1. The molecule has 0 aromatic heterocycles. The standard InChI is InChI=1S/C10H14N2O2.ClH/c11-8(9(13)10(12)14)6-7-4-2-1-3-5-7;/h1-5,8-9,13H,6,11H2,(H2,12,14);1H/t8-,9-;/m0./s1. The van der Waals surface area contributed by atoms with Crippen molar-refractivity contribution in [1.29, 1.82) is 0 Å². The molecule has 0 aliphatic carbocycles. The molecule has 1 aromatic carbocycles. The van der Waals surface area contributed by atoms with Gasteiger partial charge in [-0.2, -0.15) is 0 Å². The number of halogens is 1. The van der Waals surface area contributed by atoms with E-state index in [1.165, 1.54) is 0 Å². The lowest BCUT2D eigenvalue weighted by Gasteiger charge is -2.15. The number of nitrogens with two attached hydrogens (primary N) is 2. The first kappa shape index (κ1) is 13.9. The molecule has 0 radical (unpaired) electrons. The third kappa shape index (κ3) is 4.29. The van der Waals surface area contributed by atoms with Gasteiger partial charge in [0.2, 0.25) is 5.91 Å². The maximum atomic E-state index is 10.6. The van der Waals surface area contributed by atoms with Crippen LogP contribution >= 0.6 is 12.4 Å². The third-order valence-electron chi connectivity index (χ3n) is 2.01. The van der Waals surface area contributed by atoms with Crippen molar-refractivity contribution in [1.82, 2.24) is 0 Å². The number of benzene rings is 1. The normalized spacial score (nSPS) is 13.7. The highest BCUT2D eigenvalue weighted by Gasteiger charge is 2.20. The van der Waals surface area contributed by atoms with Crippen LogP contribution in [0.25, 0.3) is 0 Å². The highest BCUT2D eigenvalue weighted by molar-refractivity contribution is 5.85. The Balaban J connectivity index is 0.00000196. The van der Waals surface area contributed by atoms with Gasteiger partial charge in [0.05, 0.1) is 0 Å². The van der Waals surface area contributed by atoms with Crippen LogP contribution in [0.15, 0.2) is 30.3 Å².